The minimum atomic E-state index is 0.222. The first-order valence-corrected chi connectivity index (χ1v) is 4.54. The Kier molecular flexibility index (Phi) is 7.66. The van der Waals surface area contributed by atoms with Crippen LogP contribution >= 0.6 is 0 Å². The van der Waals surface area contributed by atoms with Crippen LogP contribution in [0.1, 0.15) is 33.1 Å². The van der Waals surface area contributed by atoms with Gasteiger partial charge >= 0.3 is 0 Å². The van der Waals surface area contributed by atoms with Gasteiger partial charge in [0.05, 0.1) is 0 Å². The minimum absolute atomic E-state index is 0.222. The highest BCUT2D eigenvalue weighted by molar-refractivity contribution is 5.52. The lowest BCUT2D eigenvalue weighted by Crippen LogP contribution is -1.93. The molecule has 0 aromatic heterocycles. The van der Waals surface area contributed by atoms with Crippen molar-refractivity contribution in [3.05, 3.63) is 24.3 Å². The predicted molar refractivity (Wildman–Crippen MR) is 53.0 cm³/mol. The summed E-state index contributed by atoms with van der Waals surface area (Å²) in [6, 6.07) is 0. The summed E-state index contributed by atoms with van der Waals surface area (Å²) in [4.78, 5) is 10.2. The summed E-state index contributed by atoms with van der Waals surface area (Å²) >= 11 is 0. The molecule has 1 heteroatoms. The molecule has 68 valence electrons. The Hall–Kier alpha value is -0.850. The molecule has 0 spiro atoms. The standard InChI is InChI=1S/C11H18O/c1-3-4-5-6-7-8-9-11(2)10-12/h3-6,10-11H,7-9H2,1-2H3/b4-3+,6-5+/t11-/m0/s1. The second-order valence-corrected chi connectivity index (χ2v) is 3.00. The quantitative estimate of drug-likeness (QED) is 0.336. The van der Waals surface area contributed by atoms with Crippen LogP contribution in [0.25, 0.3) is 0 Å². The molecule has 0 radical (unpaired) electrons. The van der Waals surface area contributed by atoms with Crippen molar-refractivity contribution in [3.63, 3.8) is 0 Å². The van der Waals surface area contributed by atoms with Crippen LogP contribution in [0.3, 0.4) is 0 Å². The third kappa shape index (κ3) is 7.26. The van der Waals surface area contributed by atoms with Gasteiger partial charge in [-0.15, -0.1) is 0 Å². The van der Waals surface area contributed by atoms with Crippen molar-refractivity contribution >= 4 is 6.29 Å². The van der Waals surface area contributed by atoms with E-state index in [0.29, 0.717) is 0 Å². The van der Waals surface area contributed by atoms with E-state index in [0.717, 1.165) is 25.5 Å². The number of aldehydes is 1. The number of unbranched alkanes of at least 4 members (excludes halogenated alkanes) is 1. The van der Waals surface area contributed by atoms with Crippen LogP contribution in [0.15, 0.2) is 24.3 Å². The van der Waals surface area contributed by atoms with Gasteiger partial charge in [-0.25, -0.2) is 0 Å². The summed E-state index contributed by atoms with van der Waals surface area (Å²) in [6.45, 7) is 3.96. The summed E-state index contributed by atoms with van der Waals surface area (Å²) < 4.78 is 0. The SMILES string of the molecule is C/C=C/C=C/CCC[C@H](C)C=O. The van der Waals surface area contributed by atoms with Crippen LogP contribution in [0.2, 0.25) is 0 Å². The van der Waals surface area contributed by atoms with Gasteiger partial charge < -0.3 is 4.79 Å². The average Bonchev–Trinajstić information content (AvgIpc) is 2.10. The van der Waals surface area contributed by atoms with Crippen LogP contribution in [0.4, 0.5) is 0 Å². The molecule has 0 aliphatic rings. The molecule has 0 aliphatic heterocycles. The molecule has 0 rings (SSSR count). The van der Waals surface area contributed by atoms with Crippen molar-refractivity contribution < 1.29 is 4.79 Å². The molecule has 0 fully saturated rings. The van der Waals surface area contributed by atoms with Crippen molar-refractivity contribution in [1.29, 1.82) is 0 Å². The van der Waals surface area contributed by atoms with Crippen molar-refractivity contribution in [1.82, 2.24) is 0 Å². The monoisotopic (exact) mass is 166 g/mol. The van der Waals surface area contributed by atoms with Gasteiger partial charge in [0.25, 0.3) is 0 Å². The van der Waals surface area contributed by atoms with Gasteiger partial charge in [0.2, 0.25) is 0 Å². The van der Waals surface area contributed by atoms with Crippen molar-refractivity contribution in [2.24, 2.45) is 5.92 Å². The second kappa shape index (κ2) is 8.25. The number of rotatable bonds is 6. The molecule has 0 N–H and O–H groups in total. The van der Waals surface area contributed by atoms with Crippen molar-refractivity contribution in [2.75, 3.05) is 0 Å². The maximum atomic E-state index is 10.2. The van der Waals surface area contributed by atoms with Crippen LogP contribution in [-0.4, -0.2) is 6.29 Å². The van der Waals surface area contributed by atoms with Gasteiger partial charge in [-0.05, 0) is 26.2 Å². The summed E-state index contributed by atoms with van der Waals surface area (Å²) in [6.07, 6.45) is 12.4. The molecule has 1 nitrogen and oxygen atoms in total. The molecule has 0 saturated carbocycles. The highest BCUT2D eigenvalue weighted by Crippen LogP contribution is 2.05. The van der Waals surface area contributed by atoms with Crippen LogP contribution < -0.4 is 0 Å². The molecule has 0 saturated heterocycles. The van der Waals surface area contributed by atoms with Gasteiger partial charge in [-0.3, -0.25) is 0 Å². The van der Waals surface area contributed by atoms with Gasteiger partial charge in [0.1, 0.15) is 6.29 Å². The zero-order valence-electron chi connectivity index (χ0n) is 7.99. The van der Waals surface area contributed by atoms with E-state index in [9.17, 15) is 4.79 Å². The molecular formula is C11H18O. The first kappa shape index (κ1) is 11.2. The lowest BCUT2D eigenvalue weighted by molar-refractivity contribution is -0.110. The molecule has 0 amide bonds. The lowest BCUT2D eigenvalue weighted by atomic mass is 10.1. The number of carbonyl (C=O) groups is 1. The Bertz CT molecular complexity index is 156. The van der Waals surface area contributed by atoms with E-state index in [1.165, 1.54) is 0 Å². The zero-order valence-corrected chi connectivity index (χ0v) is 7.99. The van der Waals surface area contributed by atoms with Gasteiger partial charge in [0, 0.05) is 5.92 Å². The fourth-order valence-electron chi connectivity index (χ4n) is 0.912. The van der Waals surface area contributed by atoms with Crippen molar-refractivity contribution in [3.8, 4) is 0 Å². The normalized spacial score (nSPS) is 14.2. The zero-order chi connectivity index (χ0) is 9.23. The third-order valence-electron chi connectivity index (χ3n) is 1.70. The Labute approximate surface area is 75.2 Å². The fraction of sp³-hybridized carbons (Fsp3) is 0.545. The predicted octanol–water partition coefficient (Wildman–Crippen LogP) is 3.12. The molecule has 0 unspecified atom stereocenters. The van der Waals surface area contributed by atoms with Crippen molar-refractivity contribution in [2.45, 2.75) is 33.1 Å². The van der Waals surface area contributed by atoms with Crippen LogP contribution in [0.5, 0.6) is 0 Å². The fourth-order valence-corrected chi connectivity index (χ4v) is 0.912. The Morgan fingerprint density at radius 1 is 1.33 bits per heavy atom. The molecule has 1 atom stereocenters. The number of carbonyl (C=O) groups excluding carboxylic acids is 1. The van der Waals surface area contributed by atoms with E-state index in [1.54, 1.807) is 0 Å². The van der Waals surface area contributed by atoms with Gasteiger partial charge in [-0.1, -0.05) is 31.2 Å². The van der Waals surface area contributed by atoms with Crippen LogP contribution in [-0.2, 0) is 4.79 Å². The maximum Gasteiger partial charge on any atom is 0.122 e. The third-order valence-corrected chi connectivity index (χ3v) is 1.70. The summed E-state index contributed by atoms with van der Waals surface area (Å²) in [5, 5.41) is 0. The molecule has 0 aromatic rings. The maximum absolute atomic E-state index is 10.2. The van der Waals surface area contributed by atoms with Gasteiger partial charge in [0.15, 0.2) is 0 Å². The summed E-state index contributed by atoms with van der Waals surface area (Å²) in [5.74, 6) is 0.222. The minimum Gasteiger partial charge on any atom is -0.303 e. The molecule has 12 heavy (non-hydrogen) atoms. The largest absolute Gasteiger partial charge is 0.303 e. The molecular weight excluding hydrogens is 148 g/mol. The highest BCUT2D eigenvalue weighted by Gasteiger charge is 1.96. The summed E-state index contributed by atoms with van der Waals surface area (Å²) in [5.41, 5.74) is 0. The van der Waals surface area contributed by atoms with Gasteiger partial charge in [-0.2, -0.15) is 0 Å². The number of allylic oxidation sites excluding steroid dienone is 4. The summed E-state index contributed by atoms with van der Waals surface area (Å²) in [7, 11) is 0. The average molecular weight is 166 g/mol. The lowest BCUT2D eigenvalue weighted by Gasteiger charge is -1.98. The molecule has 0 bridgehead atoms. The van der Waals surface area contributed by atoms with Crippen LogP contribution in [0, 0.1) is 5.92 Å². The van der Waals surface area contributed by atoms with E-state index in [1.807, 2.05) is 32.1 Å². The first-order chi connectivity index (χ1) is 5.81. The Morgan fingerprint density at radius 2 is 2.08 bits per heavy atom. The highest BCUT2D eigenvalue weighted by atomic mass is 16.1. The molecule has 0 aliphatic carbocycles. The molecule has 0 heterocycles. The van der Waals surface area contributed by atoms with E-state index < -0.39 is 0 Å². The van der Waals surface area contributed by atoms with E-state index >= 15 is 0 Å². The first-order valence-electron chi connectivity index (χ1n) is 4.54. The van der Waals surface area contributed by atoms with E-state index in [2.05, 4.69) is 6.08 Å². The van der Waals surface area contributed by atoms with E-state index in [-0.39, 0.29) is 5.92 Å². The Balaban J connectivity index is 3.26. The smallest absolute Gasteiger partial charge is 0.122 e. The second-order valence-electron chi connectivity index (χ2n) is 3.00. The molecule has 0 aromatic carbocycles. The topological polar surface area (TPSA) is 17.1 Å². The number of hydrogen-bond donors (Lipinski definition) is 0. The Morgan fingerprint density at radius 3 is 2.67 bits per heavy atom. The van der Waals surface area contributed by atoms with E-state index in [4.69, 9.17) is 0 Å². The number of hydrogen-bond acceptors (Lipinski definition) is 1.